The van der Waals surface area contributed by atoms with Crippen LogP contribution < -0.4 is 11.4 Å². The molecule has 0 unspecified atom stereocenters. The van der Waals surface area contributed by atoms with Crippen LogP contribution in [0.2, 0.25) is 0 Å². The molecule has 0 bridgehead atoms. The van der Waals surface area contributed by atoms with Crippen molar-refractivity contribution in [2.45, 2.75) is 32.0 Å². The Labute approximate surface area is 138 Å². The van der Waals surface area contributed by atoms with Gasteiger partial charge in [0.1, 0.15) is 5.52 Å². The average molecular weight is 329 g/mol. The highest BCUT2D eigenvalue weighted by atomic mass is 32.2. The Bertz CT molecular complexity index is 899. The first-order valence-corrected chi connectivity index (χ1v) is 8.52. The number of aryl methyl sites for hydroxylation is 1. The third kappa shape index (κ3) is 3.10. The molecular weight excluding hydrogens is 310 g/mol. The second-order valence-electron chi connectivity index (χ2n) is 5.38. The molecule has 0 amide bonds. The van der Waals surface area contributed by atoms with E-state index in [4.69, 9.17) is 5.73 Å². The van der Waals surface area contributed by atoms with Gasteiger partial charge < -0.3 is 10.7 Å². The highest BCUT2D eigenvalue weighted by Gasteiger charge is 2.14. The molecule has 0 saturated heterocycles. The molecule has 0 aliphatic heterocycles. The van der Waals surface area contributed by atoms with Crippen LogP contribution in [0.5, 0.6) is 0 Å². The Morgan fingerprint density at radius 3 is 2.83 bits per heavy atom. The van der Waals surface area contributed by atoms with Crippen molar-refractivity contribution in [1.82, 2.24) is 19.5 Å². The van der Waals surface area contributed by atoms with Crippen LogP contribution in [0.25, 0.3) is 11.2 Å². The summed E-state index contributed by atoms with van der Waals surface area (Å²) >= 11 is 1.55. The summed E-state index contributed by atoms with van der Waals surface area (Å²) in [6, 6.07) is 7.99. The molecule has 7 heteroatoms. The second kappa shape index (κ2) is 6.45. The van der Waals surface area contributed by atoms with Crippen LogP contribution in [0, 0.1) is 6.92 Å². The van der Waals surface area contributed by atoms with Gasteiger partial charge in [0.15, 0.2) is 16.6 Å². The third-order valence-corrected chi connectivity index (χ3v) is 4.71. The van der Waals surface area contributed by atoms with Crippen molar-refractivity contribution in [3.63, 3.8) is 0 Å². The standard InChI is InChI=1S/C16H19N5OS/c1-3-8-23-15-19-13(17)12-14(20-15)21(16(22)18-12)9-11-7-5-4-6-10(11)2/h4-7H,3,8-9H2,1-2H3,(H,18,22)(H2,17,19,20). The zero-order valence-corrected chi connectivity index (χ0v) is 14.0. The van der Waals surface area contributed by atoms with Crippen molar-refractivity contribution < 1.29 is 0 Å². The first-order valence-electron chi connectivity index (χ1n) is 7.53. The molecule has 23 heavy (non-hydrogen) atoms. The topological polar surface area (TPSA) is 89.6 Å². The summed E-state index contributed by atoms with van der Waals surface area (Å²) in [6.07, 6.45) is 1.02. The second-order valence-corrected chi connectivity index (χ2v) is 6.44. The van der Waals surface area contributed by atoms with Crippen LogP contribution in [0.3, 0.4) is 0 Å². The van der Waals surface area contributed by atoms with Crippen LogP contribution in [-0.4, -0.2) is 25.3 Å². The van der Waals surface area contributed by atoms with Crippen molar-refractivity contribution in [2.75, 3.05) is 11.5 Å². The highest BCUT2D eigenvalue weighted by Crippen LogP contribution is 2.21. The fraction of sp³-hybridized carbons (Fsp3) is 0.312. The summed E-state index contributed by atoms with van der Waals surface area (Å²) in [5, 5.41) is 0.606. The number of nitrogen functional groups attached to an aromatic ring is 1. The van der Waals surface area contributed by atoms with E-state index in [1.165, 1.54) is 0 Å². The number of nitrogens with two attached hydrogens (primary N) is 1. The highest BCUT2D eigenvalue weighted by molar-refractivity contribution is 7.99. The third-order valence-electron chi connectivity index (χ3n) is 3.66. The van der Waals surface area contributed by atoms with Gasteiger partial charge in [-0.1, -0.05) is 43.0 Å². The van der Waals surface area contributed by atoms with E-state index in [-0.39, 0.29) is 5.69 Å². The molecule has 0 saturated carbocycles. The van der Waals surface area contributed by atoms with E-state index >= 15 is 0 Å². The lowest BCUT2D eigenvalue weighted by atomic mass is 10.1. The van der Waals surface area contributed by atoms with Crippen molar-refractivity contribution in [3.8, 4) is 0 Å². The number of imidazole rings is 1. The fourth-order valence-corrected chi connectivity index (χ4v) is 3.09. The van der Waals surface area contributed by atoms with Crippen LogP contribution in [0.4, 0.5) is 5.82 Å². The van der Waals surface area contributed by atoms with Gasteiger partial charge in [0, 0.05) is 5.75 Å². The van der Waals surface area contributed by atoms with E-state index < -0.39 is 0 Å². The number of nitrogens with one attached hydrogen (secondary N) is 1. The predicted octanol–water partition coefficient (Wildman–Crippen LogP) is 2.56. The number of thioether (sulfide) groups is 1. The van der Waals surface area contributed by atoms with Gasteiger partial charge >= 0.3 is 5.69 Å². The smallest absolute Gasteiger partial charge is 0.328 e. The van der Waals surface area contributed by atoms with Crippen LogP contribution in [-0.2, 0) is 6.54 Å². The first kappa shape index (κ1) is 15.6. The van der Waals surface area contributed by atoms with E-state index in [2.05, 4.69) is 21.9 Å². The minimum absolute atomic E-state index is 0.220. The maximum atomic E-state index is 12.3. The number of aromatic amines is 1. The van der Waals surface area contributed by atoms with E-state index in [9.17, 15) is 4.79 Å². The number of rotatable bonds is 5. The largest absolute Gasteiger partial charge is 0.382 e. The Kier molecular flexibility index (Phi) is 4.38. The number of benzene rings is 1. The quantitative estimate of drug-likeness (QED) is 0.554. The maximum Gasteiger partial charge on any atom is 0.328 e. The van der Waals surface area contributed by atoms with Crippen molar-refractivity contribution in [3.05, 3.63) is 45.9 Å². The molecular formula is C16H19N5OS. The number of aromatic nitrogens is 4. The number of hydrogen-bond acceptors (Lipinski definition) is 5. The summed E-state index contributed by atoms with van der Waals surface area (Å²) in [4.78, 5) is 23.9. The van der Waals surface area contributed by atoms with Gasteiger partial charge in [-0.2, -0.15) is 0 Å². The molecule has 1 aromatic carbocycles. The van der Waals surface area contributed by atoms with Gasteiger partial charge in [-0.25, -0.2) is 14.8 Å². The Balaban J connectivity index is 2.09. The number of fused-ring (bicyclic) bond motifs is 1. The minimum Gasteiger partial charge on any atom is -0.382 e. The summed E-state index contributed by atoms with van der Waals surface area (Å²) in [6.45, 7) is 4.58. The molecule has 3 rings (SSSR count). The molecule has 2 aromatic heterocycles. The van der Waals surface area contributed by atoms with Gasteiger partial charge in [-0.15, -0.1) is 0 Å². The molecule has 0 spiro atoms. The number of nitrogens with zero attached hydrogens (tertiary/aromatic N) is 3. The van der Waals surface area contributed by atoms with Crippen molar-refractivity contribution >= 4 is 28.7 Å². The van der Waals surface area contributed by atoms with Gasteiger partial charge in [0.05, 0.1) is 6.54 Å². The molecule has 0 atom stereocenters. The van der Waals surface area contributed by atoms with Gasteiger partial charge in [-0.3, -0.25) is 4.57 Å². The molecule has 3 N–H and O–H groups in total. The SMILES string of the molecule is CCCSc1nc(N)c2[nH]c(=O)n(Cc3ccccc3C)c2n1. The molecule has 3 aromatic rings. The van der Waals surface area contributed by atoms with Crippen LogP contribution in [0.1, 0.15) is 24.5 Å². The average Bonchev–Trinajstić information content (AvgIpc) is 2.84. The van der Waals surface area contributed by atoms with E-state index in [1.807, 2.05) is 31.2 Å². The van der Waals surface area contributed by atoms with E-state index in [0.717, 1.165) is 23.3 Å². The van der Waals surface area contributed by atoms with Crippen molar-refractivity contribution in [1.29, 1.82) is 0 Å². The van der Waals surface area contributed by atoms with Gasteiger partial charge in [0.2, 0.25) is 0 Å². The first-order chi connectivity index (χ1) is 11.1. The summed E-state index contributed by atoms with van der Waals surface area (Å²) in [7, 11) is 0. The predicted molar refractivity (Wildman–Crippen MR) is 93.9 cm³/mol. The molecule has 6 nitrogen and oxygen atoms in total. The zero-order valence-electron chi connectivity index (χ0n) is 13.2. The Hall–Kier alpha value is -2.28. The summed E-state index contributed by atoms with van der Waals surface area (Å²) < 4.78 is 1.62. The molecule has 0 aliphatic carbocycles. The Morgan fingerprint density at radius 1 is 1.30 bits per heavy atom. The fourth-order valence-electron chi connectivity index (χ4n) is 2.39. The molecule has 0 fully saturated rings. The van der Waals surface area contributed by atoms with Gasteiger partial charge in [0.25, 0.3) is 0 Å². The number of hydrogen-bond donors (Lipinski definition) is 2. The molecule has 0 aliphatic rings. The van der Waals surface area contributed by atoms with E-state index in [1.54, 1.807) is 16.3 Å². The molecule has 120 valence electrons. The summed E-state index contributed by atoms with van der Waals surface area (Å²) in [5.74, 6) is 1.23. The molecule has 0 radical (unpaired) electrons. The van der Waals surface area contributed by atoms with Crippen molar-refractivity contribution in [2.24, 2.45) is 0 Å². The lowest BCUT2D eigenvalue weighted by Crippen LogP contribution is -2.18. The molecule has 2 heterocycles. The Morgan fingerprint density at radius 2 is 2.09 bits per heavy atom. The lowest BCUT2D eigenvalue weighted by molar-refractivity contribution is 0.767. The monoisotopic (exact) mass is 329 g/mol. The normalized spacial score (nSPS) is 11.2. The van der Waals surface area contributed by atoms with Crippen LogP contribution in [0.15, 0.2) is 34.2 Å². The zero-order chi connectivity index (χ0) is 16.4. The maximum absolute atomic E-state index is 12.3. The summed E-state index contributed by atoms with van der Waals surface area (Å²) in [5.41, 5.74) is 9.04. The number of H-pyrrole nitrogens is 1. The minimum atomic E-state index is -0.220. The van der Waals surface area contributed by atoms with Gasteiger partial charge in [-0.05, 0) is 24.5 Å². The number of anilines is 1. The van der Waals surface area contributed by atoms with E-state index in [0.29, 0.717) is 28.7 Å². The van der Waals surface area contributed by atoms with Crippen LogP contribution >= 0.6 is 11.8 Å². The lowest BCUT2D eigenvalue weighted by Gasteiger charge is -2.07.